The van der Waals surface area contributed by atoms with Crippen LogP contribution in [0.3, 0.4) is 0 Å². The van der Waals surface area contributed by atoms with Crippen LogP contribution in [0.2, 0.25) is 5.02 Å². The van der Waals surface area contributed by atoms with Gasteiger partial charge in [0.1, 0.15) is 12.6 Å². The summed E-state index contributed by atoms with van der Waals surface area (Å²) < 4.78 is 26.8. The second-order valence-corrected chi connectivity index (χ2v) is 11.4. The number of halogens is 1. The lowest BCUT2D eigenvalue weighted by molar-refractivity contribution is -0.139. The van der Waals surface area contributed by atoms with Gasteiger partial charge in [-0.3, -0.25) is 13.9 Å². The van der Waals surface area contributed by atoms with E-state index in [4.69, 9.17) is 11.6 Å². The number of para-hydroxylation sites is 1. The molecule has 0 spiro atoms. The summed E-state index contributed by atoms with van der Waals surface area (Å²) in [7, 11) is -3.79. The Bertz CT molecular complexity index is 1140. The van der Waals surface area contributed by atoms with E-state index < -0.39 is 28.5 Å². The maximum atomic E-state index is 13.7. The Balaban J connectivity index is 2.47. The van der Waals surface area contributed by atoms with Gasteiger partial charge in [0, 0.05) is 17.6 Å². The van der Waals surface area contributed by atoms with Crippen LogP contribution < -0.4 is 9.62 Å². The molecule has 9 heteroatoms. The van der Waals surface area contributed by atoms with Gasteiger partial charge < -0.3 is 10.2 Å². The predicted molar refractivity (Wildman–Crippen MR) is 142 cm³/mol. The number of carbonyl (C=O) groups excluding carboxylic acids is 2. The smallest absolute Gasteiger partial charge is 0.244 e. The van der Waals surface area contributed by atoms with Gasteiger partial charge in [0.05, 0.1) is 11.9 Å². The fourth-order valence-electron chi connectivity index (χ4n) is 3.66. The molecular weight excluding hydrogens is 486 g/mol. The van der Waals surface area contributed by atoms with E-state index in [1.165, 1.54) is 4.90 Å². The lowest BCUT2D eigenvalue weighted by Crippen LogP contribution is -2.52. The Kier molecular flexibility index (Phi) is 10.2. The average molecular weight is 522 g/mol. The van der Waals surface area contributed by atoms with Crippen molar-refractivity contribution in [3.63, 3.8) is 0 Å². The van der Waals surface area contributed by atoms with Crippen molar-refractivity contribution < 1.29 is 18.0 Å². The summed E-state index contributed by atoms with van der Waals surface area (Å²) in [5, 5.41) is 3.37. The molecule has 2 aromatic rings. The number of rotatable bonds is 11. The van der Waals surface area contributed by atoms with Crippen molar-refractivity contribution in [1.82, 2.24) is 10.2 Å². The molecule has 0 saturated heterocycles. The zero-order chi connectivity index (χ0) is 26.3. The fraction of sp³-hybridized carbons (Fsp3) is 0.462. The molecule has 0 aliphatic carbocycles. The first-order chi connectivity index (χ1) is 16.4. The normalized spacial score (nSPS) is 13.3. The number of nitrogens with zero attached hydrogens (tertiary/aromatic N) is 2. The van der Waals surface area contributed by atoms with Crippen LogP contribution in [-0.4, -0.2) is 50.0 Å². The summed E-state index contributed by atoms with van der Waals surface area (Å²) in [6.07, 6.45) is 1.82. The lowest BCUT2D eigenvalue weighted by atomic mass is 10.0. The maximum Gasteiger partial charge on any atom is 0.244 e. The summed E-state index contributed by atoms with van der Waals surface area (Å²) in [6.45, 7) is 9.04. The first-order valence-electron chi connectivity index (χ1n) is 11.8. The zero-order valence-corrected chi connectivity index (χ0v) is 22.9. The van der Waals surface area contributed by atoms with Crippen molar-refractivity contribution in [3.8, 4) is 0 Å². The largest absolute Gasteiger partial charge is 0.352 e. The van der Waals surface area contributed by atoms with Crippen LogP contribution in [0.25, 0.3) is 0 Å². The Labute approximate surface area is 214 Å². The third-order valence-corrected chi connectivity index (χ3v) is 7.47. The Morgan fingerprint density at radius 2 is 1.60 bits per heavy atom. The molecule has 2 amide bonds. The van der Waals surface area contributed by atoms with Gasteiger partial charge in [-0.15, -0.1) is 0 Å². The maximum absolute atomic E-state index is 13.7. The van der Waals surface area contributed by atoms with Crippen LogP contribution in [0, 0.1) is 0 Å². The number of carbonyl (C=O) groups is 2. The van der Waals surface area contributed by atoms with E-state index >= 15 is 0 Å². The molecule has 1 N–H and O–H groups in total. The van der Waals surface area contributed by atoms with Crippen molar-refractivity contribution >= 4 is 39.1 Å². The van der Waals surface area contributed by atoms with E-state index in [9.17, 15) is 18.0 Å². The second kappa shape index (κ2) is 12.4. The summed E-state index contributed by atoms with van der Waals surface area (Å²) in [5.74, 6) is -0.765. The lowest BCUT2D eigenvalue weighted by Gasteiger charge is -2.33. The highest BCUT2D eigenvalue weighted by molar-refractivity contribution is 7.92. The molecule has 0 unspecified atom stereocenters. The number of hydrogen-bond acceptors (Lipinski definition) is 4. The average Bonchev–Trinajstić information content (AvgIpc) is 2.80. The first kappa shape index (κ1) is 28.7. The minimum Gasteiger partial charge on any atom is -0.352 e. The van der Waals surface area contributed by atoms with E-state index in [-0.39, 0.29) is 24.4 Å². The Morgan fingerprint density at radius 3 is 2.17 bits per heavy atom. The molecule has 2 rings (SSSR count). The number of hydrogen-bond donors (Lipinski definition) is 1. The molecule has 0 saturated carbocycles. The molecule has 0 radical (unpaired) electrons. The Hall–Kier alpha value is -2.58. The fourth-order valence-corrected chi connectivity index (χ4v) is 4.72. The molecule has 2 atom stereocenters. The number of sulfonamides is 1. The molecule has 0 bridgehead atoms. The molecule has 0 aliphatic rings. The van der Waals surface area contributed by atoms with Crippen LogP contribution in [0.5, 0.6) is 0 Å². The molecule has 7 nitrogen and oxygen atoms in total. The van der Waals surface area contributed by atoms with Gasteiger partial charge in [0.25, 0.3) is 0 Å². The first-order valence-corrected chi connectivity index (χ1v) is 14.0. The monoisotopic (exact) mass is 521 g/mol. The number of benzene rings is 2. The topological polar surface area (TPSA) is 86.8 Å². The van der Waals surface area contributed by atoms with E-state index in [0.717, 1.165) is 22.5 Å². The molecular formula is C26H36ClN3O4S. The standard InChI is InChI=1S/C26H36ClN3O4S/c1-7-19(4)28-26(32)20(5)29(16-21-12-8-10-14-23(21)27)25(31)17-30(35(6,33)34)24-15-11-9-13-22(24)18(2)3/h8-15,18-20H,7,16-17H2,1-6H3,(H,28,32)/t19-,20+/m0/s1. The Morgan fingerprint density at radius 1 is 1.00 bits per heavy atom. The van der Waals surface area contributed by atoms with E-state index in [1.54, 1.807) is 43.3 Å². The van der Waals surface area contributed by atoms with Gasteiger partial charge in [-0.25, -0.2) is 8.42 Å². The molecule has 35 heavy (non-hydrogen) atoms. The van der Waals surface area contributed by atoms with Crippen molar-refractivity contribution in [2.45, 2.75) is 65.6 Å². The van der Waals surface area contributed by atoms with E-state index in [1.807, 2.05) is 39.8 Å². The van der Waals surface area contributed by atoms with Crippen LogP contribution in [0.15, 0.2) is 48.5 Å². The van der Waals surface area contributed by atoms with Gasteiger partial charge in [0.2, 0.25) is 21.8 Å². The molecule has 0 heterocycles. The van der Waals surface area contributed by atoms with Gasteiger partial charge in [-0.1, -0.05) is 68.8 Å². The highest BCUT2D eigenvalue weighted by Gasteiger charge is 2.31. The van der Waals surface area contributed by atoms with E-state index in [2.05, 4.69) is 5.32 Å². The summed E-state index contributed by atoms with van der Waals surface area (Å²) in [6, 6.07) is 13.3. The summed E-state index contributed by atoms with van der Waals surface area (Å²) >= 11 is 6.35. The van der Waals surface area contributed by atoms with Gasteiger partial charge in [0.15, 0.2) is 0 Å². The highest BCUT2D eigenvalue weighted by Crippen LogP contribution is 2.29. The highest BCUT2D eigenvalue weighted by atomic mass is 35.5. The SMILES string of the molecule is CC[C@H](C)NC(=O)[C@@H](C)N(Cc1ccccc1Cl)C(=O)CN(c1ccccc1C(C)C)S(C)(=O)=O. The third-order valence-electron chi connectivity index (χ3n) is 5.97. The quantitative estimate of drug-likeness (QED) is 0.469. The third kappa shape index (κ3) is 7.70. The summed E-state index contributed by atoms with van der Waals surface area (Å²) in [5.41, 5.74) is 1.93. The molecule has 2 aromatic carbocycles. The zero-order valence-electron chi connectivity index (χ0n) is 21.3. The second-order valence-electron chi connectivity index (χ2n) is 9.09. The molecule has 0 aromatic heterocycles. The molecule has 192 valence electrons. The van der Waals surface area contributed by atoms with Crippen molar-refractivity contribution in [1.29, 1.82) is 0 Å². The minimum absolute atomic E-state index is 0.0463. The van der Waals surface area contributed by atoms with Crippen LogP contribution in [-0.2, 0) is 26.2 Å². The minimum atomic E-state index is -3.79. The number of amides is 2. The van der Waals surface area contributed by atoms with Gasteiger partial charge in [-0.2, -0.15) is 0 Å². The van der Waals surface area contributed by atoms with Crippen LogP contribution in [0.1, 0.15) is 58.1 Å². The van der Waals surface area contributed by atoms with Crippen molar-refractivity contribution in [2.75, 3.05) is 17.1 Å². The number of nitrogens with one attached hydrogen (secondary N) is 1. The van der Waals surface area contributed by atoms with Crippen molar-refractivity contribution in [3.05, 3.63) is 64.7 Å². The van der Waals surface area contributed by atoms with Crippen LogP contribution in [0.4, 0.5) is 5.69 Å². The summed E-state index contributed by atoms with van der Waals surface area (Å²) in [4.78, 5) is 28.0. The molecule has 0 aliphatic heterocycles. The van der Waals surface area contributed by atoms with E-state index in [0.29, 0.717) is 16.3 Å². The van der Waals surface area contributed by atoms with Crippen LogP contribution >= 0.6 is 11.6 Å². The van der Waals surface area contributed by atoms with Crippen molar-refractivity contribution in [2.24, 2.45) is 0 Å². The van der Waals surface area contributed by atoms with Gasteiger partial charge >= 0.3 is 0 Å². The number of anilines is 1. The predicted octanol–water partition coefficient (Wildman–Crippen LogP) is 4.56. The van der Waals surface area contributed by atoms with Gasteiger partial charge in [-0.05, 0) is 49.4 Å². The molecule has 0 fully saturated rings.